The quantitative estimate of drug-likeness (QED) is 0.802. The van der Waals surface area contributed by atoms with E-state index in [0.717, 1.165) is 16.9 Å². The summed E-state index contributed by atoms with van der Waals surface area (Å²) >= 11 is 0. The Morgan fingerprint density at radius 2 is 1.94 bits per heavy atom. The van der Waals surface area contributed by atoms with Crippen LogP contribution in [0.1, 0.15) is 18.1 Å². The van der Waals surface area contributed by atoms with Crippen LogP contribution >= 0.6 is 0 Å². The van der Waals surface area contributed by atoms with Crippen LogP contribution in [0, 0.1) is 13.8 Å². The summed E-state index contributed by atoms with van der Waals surface area (Å²) in [7, 11) is 1.75. The number of para-hydroxylation sites is 1. The highest BCUT2D eigenvalue weighted by Gasteiger charge is 2.09. The van der Waals surface area contributed by atoms with E-state index in [0.29, 0.717) is 13.2 Å². The molecule has 1 atom stereocenters. The molecule has 100 valence electrons. The molecular weight excluding hydrogens is 228 g/mol. The first-order chi connectivity index (χ1) is 8.54. The number of carbonyl (C=O) groups is 1. The Labute approximate surface area is 109 Å². The molecule has 1 aromatic rings. The van der Waals surface area contributed by atoms with E-state index < -0.39 is 0 Å². The third kappa shape index (κ3) is 4.37. The summed E-state index contributed by atoms with van der Waals surface area (Å²) in [6.45, 7) is 6.77. The van der Waals surface area contributed by atoms with Gasteiger partial charge in [0.25, 0.3) is 0 Å². The molecule has 0 radical (unpaired) electrons. The van der Waals surface area contributed by atoms with Crippen LogP contribution in [0.15, 0.2) is 18.2 Å². The van der Waals surface area contributed by atoms with Crippen molar-refractivity contribution in [1.82, 2.24) is 10.6 Å². The van der Waals surface area contributed by atoms with Crippen LogP contribution in [-0.2, 0) is 4.79 Å². The minimum atomic E-state index is -0.0184. The summed E-state index contributed by atoms with van der Waals surface area (Å²) < 4.78 is 5.77. The number of aryl methyl sites for hydroxylation is 2. The maximum Gasteiger partial charge on any atom is 0.234 e. The van der Waals surface area contributed by atoms with Crippen LogP contribution < -0.4 is 15.4 Å². The lowest BCUT2D eigenvalue weighted by atomic mass is 10.1. The molecule has 0 saturated carbocycles. The number of amides is 1. The van der Waals surface area contributed by atoms with E-state index in [9.17, 15) is 4.79 Å². The molecule has 0 spiro atoms. The number of hydrogen-bond donors (Lipinski definition) is 2. The fraction of sp³-hybridized carbons (Fsp3) is 0.500. The number of ether oxygens (including phenoxy) is 1. The highest BCUT2D eigenvalue weighted by molar-refractivity contribution is 5.78. The van der Waals surface area contributed by atoms with Gasteiger partial charge in [-0.1, -0.05) is 18.2 Å². The Kier molecular flexibility index (Phi) is 5.65. The number of hydrogen-bond acceptors (Lipinski definition) is 3. The van der Waals surface area contributed by atoms with Crippen molar-refractivity contribution >= 4 is 5.91 Å². The van der Waals surface area contributed by atoms with Gasteiger partial charge in [-0.3, -0.25) is 4.79 Å². The monoisotopic (exact) mass is 250 g/mol. The van der Waals surface area contributed by atoms with Gasteiger partial charge >= 0.3 is 0 Å². The van der Waals surface area contributed by atoms with Gasteiger partial charge in [-0.2, -0.15) is 0 Å². The molecule has 4 heteroatoms. The van der Waals surface area contributed by atoms with Gasteiger partial charge in [-0.05, 0) is 38.9 Å². The van der Waals surface area contributed by atoms with Crippen molar-refractivity contribution < 1.29 is 9.53 Å². The fourth-order valence-electron chi connectivity index (χ4n) is 1.76. The van der Waals surface area contributed by atoms with Gasteiger partial charge in [-0.15, -0.1) is 0 Å². The number of benzene rings is 1. The van der Waals surface area contributed by atoms with Crippen LogP contribution in [0.25, 0.3) is 0 Å². The SMILES string of the molecule is CNCC(=O)NC(C)COc1c(C)cccc1C. The first-order valence-electron chi connectivity index (χ1n) is 6.17. The molecule has 0 bridgehead atoms. The summed E-state index contributed by atoms with van der Waals surface area (Å²) in [5.74, 6) is 0.891. The highest BCUT2D eigenvalue weighted by atomic mass is 16.5. The van der Waals surface area contributed by atoms with Crippen molar-refractivity contribution in [2.45, 2.75) is 26.8 Å². The topological polar surface area (TPSA) is 50.4 Å². The van der Waals surface area contributed by atoms with E-state index in [2.05, 4.69) is 10.6 Å². The third-order valence-corrected chi connectivity index (χ3v) is 2.63. The summed E-state index contributed by atoms with van der Waals surface area (Å²) in [4.78, 5) is 11.4. The Morgan fingerprint density at radius 3 is 2.50 bits per heavy atom. The van der Waals surface area contributed by atoms with Gasteiger partial charge in [0.1, 0.15) is 12.4 Å². The van der Waals surface area contributed by atoms with Crippen LogP contribution in [0.5, 0.6) is 5.75 Å². The smallest absolute Gasteiger partial charge is 0.234 e. The molecular formula is C14H22N2O2. The second-order valence-electron chi connectivity index (χ2n) is 4.53. The van der Waals surface area contributed by atoms with E-state index in [1.54, 1.807) is 7.05 Å². The lowest BCUT2D eigenvalue weighted by Crippen LogP contribution is -2.41. The molecule has 1 aromatic carbocycles. The van der Waals surface area contributed by atoms with Gasteiger partial charge in [0.05, 0.1) is 12.6 Å². The highest BCUT2D eigenvalue weighted by Crippen LogP contribution is 2.22. The van der Waals surface area contributed by atoms with E-state index in [4.69, 9.17) is 4.74 Å². The molecule has 1 rings (SSSR count). The Balaban J connectivity index is 2.47. The number of carbonyl (C=O) groups excluding carboxylic acids is 1. The summed E-state index contributed by atoms with van der Waals surface area (Å²) in [6, 6.07) is 6.04. The summed E-state index contributed by atoms with van der Waals surface area (Å²) in [5, 5.41) is 5.68. The number of likely N-dealkylation sites (N-methyl/N-ethyl adjacent to an activating group) is 1. The molecule has 2 N–H and O–H groups in total. The van der Waals surface area contributed by atoms with Crippen molar-refractivity contribution in [3.05, 3.63) is 29.3 Å². The third-order valence-electron chi connectivity index (χ3n) is 2.63. The first kappa shape index (κ1) is 14.5. The zero-order valence-electron chi connectivity index (χ0n) is 11.5. The predicted octanol–water partition coefficient (Wildman–Crippen LogP) is 1.41. The Bertz CT molecular complexity index is 385. The molecule has 0 aliphatic heterocycles. The molecule has 1 amide bonds. The maximum absolute atomic E-state index is 11.4. The van der Waals surface area contributed by atoms with Crippen molar-refractivity contribution in [2.24, 2.45) is 0 Å². The van der Waals surface area contributed by atoms with E-state index >= 15 is 0 Å². The fourth-order valence-corrected chi connectivity index (χ4v) is 1.76. The molecule has 0 saturated heterocycles. The van der Waals surface area contributed by atoms with E-state index in [-0.39, 0.29) is 11.9 Å². The van der Waals surface area contributed by atoms with Crippen molar-refractivity contribution in [2.75, 3.05) is 20.2 Å². The van der Waals surface area contributed by atoms with Crippen molar-refractivity contribution in [3.8, 4) is 5.75 Å². The molecule has 0 aliphatic carbocycles. The number of rotatable bonds is 6. The molecule has 0 aromatic heterocycles. The molecule has 18 heavy (non-hydrogen) atoms. The predicted molar refractivity (Wildman–Crippen MR) is 72.9 cm³/mol. The average Bonchev–Trinajstić information content (AvgIpc) is 2.28. The standard InChI is InChI=1S/C14H22N2O2/c1-10-6-5-7-11(2)14(10)18-9-12(3)16-13(17)8-15-4/h5-7,12,15H,8-9H2,1-4H3,(H,16,17). The maximum atomic E-state index is 11.4. The van der Waals surface area contributed by atoms with Gasteiger partial charge in [0.2, 0.25) is 5.91 Å². The van der Waals surface area contributed by atoms with Crippen molar-refractivity contribution in [3.63, 3.8) is 0 Å². The Morgan fingerprint density at radius 1 is 1.33 bits per heavy atom. The molecule has 0 aliphatic rings. The van der Waals surface area contributed by atoms with Crippen LogP contribution in [0.4, 0.5) is 0 Å². The van der Waals surface area contributed by atoms with Gasteiger partial charge in [0, 0.05) is 0 Å². The molecule has 0 fully saturated rings. The van der Waals surface area contributed by atoms with Crippen LogP contribution in [0.2, 0.25) is 0 Å². The first-order valence-corrected chi connectivity index (χ1v) is 6.17. The zero-order valence-corrected chi connectivity index (χ0v) is 11.5. The minimum Gasteiger partial charge on any atom is -0.491 e. The summed E-state index contributed by atoms with van der Waals surface area (Å²) in [5.41, 5.74) is 2.23. The van der Waals surface area contributed by atoms with Gasteiger partial charge < -0.3 is 15.4 Å². The number of nitrogens with one attached hydrogen (secondary N) is 2. The summed E-state index contributed by atoms with van der Waals surface area (Å²) in [6.07, 6.45) is 0. The lowest BCUT2D eigenvalue weighted by Gasteiger charge is -2.17. The lowest BCUT2D eigenvalue weighted by molar-refractivity contribution is -0.120. The zero-order chi connectivity index (χ0) is 13.5. The average molecular weight is 250 g/mol. The van der Waals surface area contributed by atoms with Gasteiger partial charge in [-0.25, -0.2) is 0 Å². The van der Waals surface area contributed by atoms with Crippen LogP contribution in [-0.4, -0.2) is 32.1 Å². The molecule has 1 unspecified atom stereocenters. The largest absolute Gasteiger partial charge is 0.491 e. The van der Waals surface area contributed by atoms with Gasteiger partial charge in [0.15, 0.2) is 0 Å². The molecule has 0 heterocycles. The second kappa shape index (κ2) is 7.01. The van der Waals surface area contributed by atoms with E-state index in [1.165, 1.54) is 0 Å². The minimum absolute atomic E-state index is 0.00939. The van der Waals surface area contributed by atoms with E-state index in [1.807, 2.05) is 39.0 Å². The normalized spacial score (nSPS) is 12.0. The van der Waals surface area contributed by atoms with Crippen molar-refractivity contribution in [1.29, 1.82) is 0 Å². The Hall–Kier alpha value is -1.55. The molecule has 4 nitrogen and oxygen atoms in total. The second-order valence-corrected chi connectivity index (χ2v) is 4.53. The van der Waals surface area contributed by atoms with Crippen LogP contribution in [0.3, 0.4) is 0 Å².